The van der Waals surface area contributed by atoms with Gasteiger partial charge in [0.15, 0.2) is 0 Å². The predicted molar refractivity (Wildman–Crippen MR) is 123 cm³/mol. The van der Waals surface area contributed by atoms with E-state index in [9.17, 15) is 0 Å². The molecule has 2 aliphatic rings. The fourth-order valence-electron chi connectivity index (χ4n) is 4.58. The van der Waals surface area contributed by atoms with Gasteiger partial charge >= 0.3 is 0 Å². The normalized spacial score (nSPS) is 19.6. The minimum atomic E-state index is 1.07. The molecule has 0 amide bonds. The Morgan fingerprint density at radius 2 is 1.34 bits per heavy atom. The molecule has 0 bridgehead atoms. The van der Waals surface area contributed by atoms with E-state index in [2.05, 4.69) is 81.2 Å². The maximum atomic E-state index is 2.63. The highest BCUT2D eigenvalue weighted by Crippen LogP contribution is 2.24. The van der Waals surface area contributed by atoms with Gasteiger partial charge in [0.2, 0.25) is 0 Å². The van der Waals surface area contributed by atoms with Gasteiger partial charge in [-0.15, -0.1) is 0 Å². The van der Waals surface area contributed by atoms with Crippen molar-refractivity contribution in [3.8, 4) is 0 Å². The number of piperazine rings is 2. The van der Waals surface area contributed by atoms with Crippen molar-refractivity contribution >= 4 is 5.69 Å². The number of rotatable bonds is 7. The van der Waals surface area contributed by atoms with Gasteiger partial charge in [-0.2, -0.15) is 0 Å². The fraction of sp³-hybridized carbons (Fsp3) is 0.520. The van der Waals surface area contributed by atoms with E-state index in [0.29, 0.717) is 0 Å². The van der Waals surface area contributed by atoms with E-state index in [4.69, 9.17) is 0 Å². The summed E-state index contributed by atoms with van der Waals surface area (Å²) in [6, 6.07) is 19.9. The fourth-order valence-corrected chi connectivity index (χ4v) is 4.58. The standard InChI is InChI=1S/C25H36N4/c1-26-14-16-27(17-15-26)13-7-11-24-10-5-6-12-25(24)29-20-18-28(19-21-29)22-23-8-3-2-4-9-23/h2-6,8-10,12H,7,11,13-22H2,1H3. The Labute approximate surface area is 176 Å². The summed E-state index contributed by atoms with van der Waals surface area (Å²) in [6.07, 6.45) is 2.45. The summed E-state index contributed by atoms with van der Waals surface area (Å²) < 4.78 is 0. The lowest BCUT2D eigenvalue weighted by Gasteiger charge is -2.37. The van der Waals surface area contributed by atoms with Crippen LogP contribution in [0.25, 0.3) is 0 Å². The average molecular weight is 393 g/mol. The van der Waals surface area contributed by atoms with Crippen molar-refractivity contribution in [1.82, 2.24) is 14.7 Å². The van der Waals surface area contributed by atoms with Crippen molar-refractivity contribution in [2.24, 2.45) is 0 Å². The van der Waals surface area contributed by atoms with Crippen LogP contribution in [0.1, 0.15) is 17.5 Å². The number of hydrogen-bond acceptors (Lipinski definition) is 4. The van der Waals surface area contributed by atoms with Gasteiger partial charge in [-0.1, -0.05) is 48.5 Å². The maximum Gasteiger partial charge on any atom is 0.0399 e. The van der Waals surface area contributed by atoms with Crippen molar-refractivity contribution in [3.63, 3.8) is 0 Å². The van der Waals surface area contributed by atoms with Crippen LogP contribution >= 0.6 is 0 Å². The van der Waals surface area contributed by atoms with Crippen LogP contribution < -0.4 is 4.90 Å². The third-order valence-electron chi connectivity index (χ3n) is 6.47. The topological polar surface area (TPSA) is 13.0 Å². The van der Waals surface area contributed by atoms with Crippen molar-refractivity contribution in [2.45, 2.75) is 19.4 Å². The molecule has 156 valence electrons. The van der Waals surface area contributed by atoms with Crippen LogP contribution in [0.15, 0.2) is 54.6 Å². The summed E-state index contributed by atoms with van der Waals surface area (Å²) in [5.41, 5.74) is 4.41. The molecule has 2 aliphatic heterocycles. The van der Waals surface area contributed by atoms with E-state index in [0.717, 1.165) is 32.7 Å². The van der Waals surface area contributed by atoms with Crippen molar-refractivity contribution in [1.29, 1.82) is 0 Å². The monoisotopic (exact) mass is 392 g/mol. The third kappa shape index (κ3) is 5.81. The Morgan fingerprint density at radius 1 is 0.690 bits per heavy atom. The van der Waals surface area contributed by atoms with Crippen LogP contribution in [0, 0.1) is 0 Å². The molecule has 0 aliphatic carbocycles. The lowest BCUT2D eigenvalue weighted by molar-refractivity contribution is 0.153. The number of nitrogens with zero attached hydrogens (tertiary/aromatic N) is 4. The first-order valence-corrected chi connectivity index (χ1v) is 11.3. The summed E-state index contributed by atoms with van der Waals surface area (Å²) in [5.74, 6) is 0. The number of para-hydroxylation sites is 1. The van der Waals surface area contributed by atoms with Gasteiger partial charge in [0.25, 0.3) is 0 Å². The van der Waals surface area contributed by atoms with Gasteiger partial charge in [-0.25, -0.2) is 0 Å². The maximum absolute atomic E-state index is 2.63. The quantitative estimate of drug-likeness (QED) is 0.717. The summed E-state index contributed by atoms with van der Waals surface area (Å²) >= 11 is 0. The molecule has 0 saturated carbocycles. The van der Waals surface area contributed by atoms with Crippen LogP contribution in [0.5, 0.6) is 0 Å². The molecule has 4 rings (SSSR count). The largest absolute Gasteiger partial charge is 0.369 e. The number of likely N-dealkylation sites (N-methyl/N-ethyl adjacent to an activating group) is 1. The minimum absolute atomic E-state index is 1.07. The Morgan fingerprint density at radius 3 is 2.10 bits per heavy atom. The van der Waals surface area contributed by atoms with E-state index in [1.807, 2.05) is 0 Å². The van der Waals surface area contributed by atoms with Crippen molar-refractivity contribution in [3.05, 3.63) is 65.7 Å². The summed E-state index contributed by atoms with van der Waals surface area (Å²) in [6.45, 7) is 11.7. The molecule has 2 fully saturated rings. The molecule has 2 aromatic rings. The lowest BCUT2D eigenvalue weighted by atomic mass is 10.1. The van der Waals surface area contributed by atoms with Crippen LogP contribution in [0.4, 0.5) is 5.69 Å². The minimum Gasteiger partial charge on any atom is -0.369 e. The first kappa shape index (κ1) is 20.4. The summed E-state index contributed by atoms with van der Waals surface area (Å²) in [4.78, 5) is 10.3. The molecular formula is C25H36N4. The Hall–Kier alpha value is -1.88. The number of hydrogen-bond donors (Lipinski definition) is 0. The van der Waals surface area contributed by atoms with Gasteiger partial charge in [-0.05, 0) is 43.6 Å². The Kier molecular flexibility index (Phi) is 7.20. The molecule has 0 unspecified atom stereocenters. The van der Waals surface area contributed by atoms with Gasteiger partial charge in [-0.3, -0.25) is 4.90 Å². The molecule has 0 atom stereocenters. The Bertz CT molecular complexity index is 731. The molecular weight excluding hydrogens is 356 g/mol. The lowest BCUT2D eigenvalue weighted by Crippen LogP contribution is -2.46. The molecule has 4 nitrogen and oxygen atoms in total. The second-order valence-corrected chi connectivity index (χ2v) is 8.63. The summed E-state index contributed by atoms with van der Waals surface area (Å²) in [7, 11) is 2.23. The predicted octanol–water partition coefficient (Wildman–Crippen LogP) is 3.19. The smallest absolute Gasteiger partial charge is 0.0399 e. The second kappa shape index (κ2) is 10.2. The average Bonchev–Trinajstić information content (AvgIpc) is 2.77. The molecule has 4 heteroatoms. The second-order valence-electron chi connectivity index (χ2n) is 8.63. The van der Waals surface area contributed by atoms with Crippen molar-refractivity contribution < 1.29 is 0 Å². The Balaban J connectivity index is 1.27. The summed E-state index contributed by atoms with van der Waals surface area (Å²) in [5, 5.41) is 0. The molecule has 0 radical (unpaired) electrons. The van der Waals surface area contributed by atoms with Crippen LogP contribution in [0.2, 0.25) is 0 Å². The van der Waals surface area contributed by atoms with Gasteiger partial charge in [0, 0.05) is 64.6 Å². The van der Waals surface area contributed by atoms with Gasteiger partial charge < -0.3 is 14.7 Å². The van der Waals surface area contributed by atoms with Gasteiger partial charge in [0.05, 0.1) is 0 Å². The van der Waals surface area contributed by atoms with Crippen molar-refractivity contribution in [2.75, 3.05) is 70.9 Å². The van der Waals surface area contributed by atoms with Gasteiger partial charge in [0.1, 0.15) is 0 Å². The zero-order valence-corrected chi connectivity index (χ0v) is 18.0. The molecule has 2 heterocycles. The molecule has 0 spiro atoms. The molecule has 2 aromatic carbocycles. The van der Waals surface area contributed by atoms with E-state index < -0.39 is 0 Å². The van der Waals surface area contributed by atoms with Crippen LogP contribution in [-0.2, 0) is 13.0 Å². The molecule has 29 heavy (non-hydrogen) atoms. The SMILES string of the molecule is CN1CCN(CCCc2ccccc2N2CCN(Cc3ccccc3)CC2)CC1. The van der Waals surface area contributed by atoms with Crippen LogP contribution in [0.3, 0.4) is 0 Å². The van der Waals surface area contributed by atoms with E-state index in [1.165, 1.54) is 62.4 Å². The highest BCUT2D eigenvalue weighted by atomic mass is 15.3. The first-order valence-electron chi connectivity index (χ1n) is 11.3. The molecule has 2 saturated heterocycles. The first-order chi connectivity index (χ1) is 14.3. The molecule has 0 N–H and O–H groups in total. The third-order valence-corrected chi connectivity index (χ3v) is 6.47. The van der Waals surface area contributed by atoms with E-state index in [-0.39, 0.29) is 0 Å². The van der Waals surface area contributed by atoms with Crippen LogP contribution in [-0.4, -0.2) is 80.7 Å². The zero-order valence-electron chi connectivity index (χ0n) is 18.0. The number of aryl methyl sites for hydroxylation is 1. The zero-order chi connectivity index (χ0) is 19.9. The number of benzene rings is 2. The highest BCUT2D eigenvalue weighted by molar-refractivity contribution is 5.54. The highest BCUT2D eigenvalue weighted by Gasteiger charge is 2.19. The number of anilines is 1. The molecule has 0 aromatic heterocycles. The van der Waals surface area contributed by atoms with E-state index in [1.54, 1.807) is 0 Å². The van der Waals surface area contributed by atoms with E-state index >= 15 is 0 Å².